The fraction of sp³-hybridized carbons (Fsp3) is 0.520. The van der Waals surface area contributed by atoms with E-state index in [4.69, 9.17) is 14.2 Å². The summed E-state index contributed by atoms with van der Waals surface area (Å²) < 4.78 is 17.3. The summed E-state index contributed by atoms with van der Waals surface area (Å²) in [5.74, 6) is 1.70. The van der Waals surface area contributed by atoms with Crippen LogP contribution in [0.4, 0.5) is 0 Å². The predicted molar refractivity (Wildman–Crippen MR) is 117 cm³/mol. The molecule has 4 nitrogen and oxygen atoms in total. The van der Waals surface area contributed by atoms with Gasteiger partial charge in [0.15, 0.2) is 0 Å². The van der Waals surface area contributed by atoms with Gasteiger partial charge >= 0.3 is 0 Å². The lowest BCUT2D eigenvalue weighted by atomic mass is 9.87. The summed E-state index contributed by atoms with van der Waals surface area (Å²) in [4.78, 5) is 0. The molecule has 2 aromatic carbocycles. The zero-order valence-electron chi connectivity index (χ0n) is 18.2. The van der Waals surface area contributed by atoms with E-state index < -0.39 is 0 Å². The van der Waals surface area contributed by atoms with Crippen molar-refractivity contribution in [2.45, 2.75) is 46.5 Å². The highest BCUT2D eigenvalue weighted by atomic mass is 16.5. The molecule has 0 heterocycles. The first-order valence-corrected chi connectivity index (χ1v) is 10.5. The smallest absolute Gasteiger partial charge is 0.118 e. The van der Waals surface area contributed by atoms with Crippen molar-refractivity contribution in [1.29, 1.82) is 0 Å². The fourth-order valence-electron chi connectivity index (χ4n) is 3.70. The molecular formula is C25H36O4. The first kappa shape index (κ1) is 23.4. The second-order valence-electron chi connectivity index (χ2n) is 8.10. The molecule has 0 radical (unpaired) electrons. The zero-order chi connectivity index (χ0) is 21.1. The molecule has 0 aliphatic heterocycles. The first-order valence-electron chi connectivity index (χ1n) is 10.5. The summed E-state index contributed by atoms with van der Waals surface area (Å²) in [7, 11) is 1.67. The van der Waals surface area contributed by atoms with E-state index in [2.05, 4.69) is 32.9 Å². The second-order valence-corrected chi connectivity index (χ2v) is 8.10. The van der Waals surface area contributed by atoms with Gasteiger partial charge in [-0.05, 0) is 41.5 Å². The van der Waals surface area contributed by atoms with Crippen LogP contribution in [-0.4, -0.2) is 31.5 Å². The van der Waals surface area contributed by atoms with Crippen LogP contribution in [0.5, 0.6) is 5.75 Å². The van der Waals surface area contributed by atoms with Crippen molar-refractivity contribution in [3.05, 3.63) is 65.7 Å². The maximum absolute atomic E-state index is 9.68. The van der Waals surface area contributed by atoms with Crippen molar-refractivity contribution in [2.24, 2.45) is 17.8 Å². The van der Waals surface area contributed by atoms with Gasteiger partial charge < -0.3 is 19.3 Å². The summed E-state index contributed by atoms with van der Waals surface area (Å²) in [5, 5.41) is 9.68. The van der Waals surface area contributed by atoms with Crippen LogP contribution in [0.25, 0.3) is 0 Å². The van der Waals surface area contributed by atoms with E-state index in [1.165, 1.54) is 0 Å². The van der Waals surface area contributed by atoms with Gasteiger partial charge in [0.05, 0.1) is 26.4 Å². The average molecular weight is 401 g/mol. The molecule has 0 bridgehead atoms. The molecule has 160 valence electrons. The molecule has 29 heavy (non-hydrogen) atoms. The molecule has 0 aliphatic carbocycles. The fourth-order valence-corrected chi connectivity index (χ4v) is 3.70. The number of hydrogen-bond acceptors (Lipinski definition) is 4. The number of ether oxygens (including phenoxy) is 3. The lowest BCUT2D eigenvalue weighted by Crippen LogP contribution is -2.32. The van der Waals surface area contributed by atoms with E-state index in [1.54, 1.807) is 7.11 Å². The standard InChI is InChI=1S/C25H36O4/c1-19(16-28-17-23-10-12-24(27-4)13-11-23)14-20(2)25(21(3)15-26)29-18-22-8-6-5-7-9-22/h5-13,19-21,25-26H,14-18H2,1-4H3/t19-,20+,21+,25-/m1/s1. The lowest BCUT2D eigenvalue weighted by Gasteiger charge is -2.30. The topological polar surface area (TPSA) is 47.9 Å². The molecule has 4 heteroatoms. The third kappa shape index (κ3) is 8.17. The van der Waals surface area contributed by atoms with Crippen molar-refractivity contribution >= 4 is 0 Å². The summed E-state index contributed by atoms with van der Waals surface area (Å²) in [6.45, 7) is 8.48. The van der Waals surface area contributed by atoms with Crippen molar-refractivity contribution in [2.75, 3.05) is 20.3 Å². The van der Waals surface area contributed by atoms with Crippen LogP contribution in [0.1, 0.15) is 38.3 Å². The molecule has 0 spiro atoms. The Hall–Kier alpha value is -1.88. The maximum Gasteiger partial charge on any atom is 0.118 e. The Kier molecular flexibility index (Phi) is 10.2. The highest BCUT2D eigenvalue weighted by molar-refractivity contribution is 5.26. The van der Waals surface area contributed by atoms with Gasteiger partial charge in [0, 0.05) is 19.1 Å². The molecule has 0 aromatic heterocycles. The van der Waals surface area contributed by atoms with Crippen molar-refractivity contribution in [3.63, 3.8) is 0 Å². The largest absolute Gasteiger partial charge is 0.497 e. The molecule has 2 aromatic rings. The molecule has 1 N–H and O–H groups in total. The Balaban J connectivity index is 1.79. The monoisotopic (exact) mass is 400 g/mol. The number of methoxy groups -OCH3 is 1. The molecule has 2 rings (SSSR count). The third-order valence-electron chi connectivity index (χ3n) is 5.30. The number of rotatable bonds is 13. The van der Waals surface area contributed by atoms with Gasteiger partial charge in [-0.3, -0.25) is 0 Å². The molecule has 4 atom stereocenters. The minimum atomic E-state index is 0.0178. The third-order valence-corrected chi connectivity index (χ3v) is 5.30. The van der Waals surface area contributed by atoms with Crippen molar-refractivity contribution in [1.82, 2.24) is 0 Å². The summed E-state index contributed by atoms with van der Waals surface area (Å²) in [6, 6.07) is 18.2. The lowest BCUT2D eigenvalue weighted by molar-refractivity contribution is -0.0493. The summed E-state index contributed by atoms with van der Waals surface area (Å²) in [6.07, 6.45) is 1.01. The second kappa shape index (κ2) is 12.6. The molecular weight excluding hydrogens is 364 g/mol. The molecule has 0 saturated heterocycles. The highest BCUT2D eigenvalue weighted by Gasteiger charge is 2.25. The minimum Gasteiger partial charge on any atom is -0.497 e. The molecule has 0 aliphatic rings. The van der Waals surface area contributed by atoms with Crippen molar-refractivity contribution < 1.29 is 19.3 Å². The highest BCUT2D eigenvalue weighted by Crippen LogP contribution is 2.25. The van der Waals surface area contributed by atoms with E-state index in [9.17, 15) is 5.11 Å². The van der Waals surface area contributed by atoms with Gasteiger partial charge in [0.2, 0.25) is 0 Å². The predicted octanol–water partition coefficient (Wildman–Crippen LogP) is 5.09. The van der Waals surface area contributed by atoms with Crippen LogP contribution >= 0.6 is 0 Å². The van der Waals surface area contributed by atoms with E-state index in [-0.39, 0.29) is 18.6 Å². The van der Waals surface area contributed by atoms with E-state index in [1.807, 2.05) is 42.5 Å². The van der Waals surface area contributed by atoms with Gasteiger partial charge in [0.1, 0.15) is 5.75 Å². The van der Waals surface area contributed by atoms with E-state index >= 15 is 0 Å². The van der Waals surface area contributed by atoms with Gasteiger partial charge in [-0.1, -0.05) is 63.2 Å². The Bertz CT molecular complexity index is 671. The quantitative estimate of drug-likeness (QED) is 0.509. The number of benzene rings is 2. The zero-order valence-corrected chi connectivity index (χ0v) is 18.2. The summed E-state index contributed by atoms with van der Waals surface area (Å²) in [5.41, 5.74) is 2.30. The number of hydrogen-bond donors (Lipinski definition) is 1. The van der Waals surface area contributed by atoms with Gasteiger partial charge in [-0.15, -0.1) is 0 Å². The van der Waals surface area contributed by atoms with Crippen LogP contribution < -0.4 is 4.74 Å². The van der Waals surface area contributed by atoms with Gasteiger partial charge in [-0.25, -0.2) is 0 Å². The maximum atomic E-state index is 9.68. The number of aliphatic hydroxyl groups is 1. The summed E-state index contributed by atoms with van der Waals surface area (Å²) >= 11 is 0. The number of aliphatic hydroxyl groups excluding tert-OH is 1. The molecule has 0 saturated carbocycles. The van der Waals surface area contributed by atoms with Crippen molar-refractivity contribution in [3.8, 4) is 5.75 Å². The van der Waals surface area contributed by atoms with Gasteiger partial charge in [0.25, 0.3) is 0 Å². The van der Waals surface area contributed by atoms with Crippen LogP contribution in [0.3, 0.4) is 0 Å². The van der Waals surface area contributed by atoms with E-state index in [0.29, 0.717) is 31.7 Å². The van der Waals surface area contributed by atoms with Crippen LogP contribution in [0.15, 0.2) is 54.6 Å². The Labute approximate surface area is 175 Å². The Morgan fingerprint density at radius 3 is 2.10 bits per heavy atom. The Morgan fingerprint density at radius 2 is 1.48 bits per heavy atom. The normalized spacial score (nSPS) is 15.5. The average Bonchev–Trinajstić information content (AvgIpc) is 2.74. The van der Waals surface area contributed by atoms with Crippen LogP contribution in [0, 0.1) is 17.8 Å². The molecule has 0 fully saturated rings. The Morgan fingerprint density at radius 1 is 0.828 bits per heavy atom. The van der Waals surface area contributed by atoms with E-state index in [0.717, 1.165) is 23.3 Å². The van der Waals surface area contributed by atoms with Crippen LogP contribution in [0.2, 0.25) is 0 Å². The SMILES string of the molecule is COc1ccc(COC[C@H](C)C[C@H](C)[C@@H](OCc2ccccc2)[C@@H](C)CO)cc1. The molecule has 0 unspecified atom stereocenters. The molecule has 0 amide bonds. The minimum absolute atomic E-state index is 0.0178. The van der Waals surface area contributed by atoms with Crippen LogP contribution in [-0.2, 0) is 22.7 Å². The first-order chi connectivity index (χ1) is 14.0. The van der Waals surface area contributed by atoms with Gasteiger partial charge in [-0.2, -0.15) is 0 Å².